The fourth-order valence-electron chi connectivity index (χ4n) is 0.682. The molecule has 82 valence electrons. The van der Waals surface area contributed by atoms with Crippen molar-refractivity contribution < 1.29 is 22.9 Å². The first-order valence-electron chi connectivity index (χ1n) is 3.82. The van der Waals surface area contributed by atoms with Crippen LogP contribution >= 0.6 is 0 Å². The highest BCUT2D eigenvalue weighted by Gasteiger charge is 2.24. The molecule has 6 nitrogen and oxygen atoms in total. The number of hydrogen-bond acceptors (Lipinski definition) is 4. The Hall–Kier alpha value is -0.920. The molecular weight excluding hydrogens is 210 g/mol. The van der Waals surface area contributed by atoms with E-state index in [0.29, 0.717) is 0 Å². The van der Waals surface area contributed by atoms with E-state index in [4.69, 9.17) is 9.66 Å². The summed E-state index contributed by atoms with van der Waals surface area (Å²) in [5, 5.41) is 9.03. The zero-order chi connectivity index (χ0) is 11.4. The second kappa shape index (κ2) is 5.08. The van der Waals surface area contributed by atoms with Crippen LogP contribution in [0.2, 0.25) is 0 Å². The van der Waals surface area contributed by atoms with Crippen LogP contribution in [-0.4, -0.2) is 36.0 Å². The van der Waals surface area contributed by atoms with E-state index < -0.39 is 28.0 Å². The Morgan fingerprint density at radius 1 is 1.57 bits per heavy atom. The Morgan fingerprint density at radius 3 is 2.36 bits per heavy atom. The molecule has 0 spiro atoms. The summed E-state index contributed by atoms with van der Waals surface area (Å²) in [4.78, 5) is 11.0. The highest BCUT2D eigenvalue weighted by atomic mass is 32.2. The molecule has 0 radical (unpaired) electrons. The Kier molecular flexibility index (Phi) is 4.75. The summed E-state index contributed by atoms with van der Waals surface area (Å²) in [6.45, 7) is 4.24. The minimum absolute atomic E-state index is 0.122. The fourth-order valence-corrected chi connectivity index (χ4v) is 1.34. The molecule has 0 aromatic rings. The summed E-state index contributed by atoms with van der Waals surface area (Å²) < 4.78 is 30.0. The maximum absolute atomic E-state index is 11.0. The monoisotopic (exact) mass is 223 g/mol. The number of rotatable bonds is 5. The molecule has 0 saturated carbocycles. The molecule has 0 bridgehead atoms. The zero-order valence-electron chi connectivity index (χ0n) is 7.73. The topological polar surface area (TPSA) is 104 Å². The standard InChI is InChI=1S/C7H13NO5S/c1-5(2)7(10)8-6(3-4-9)14(11,12)13/h6,9H,1,3-4H2,2H3,(H,8,10)(H,11,12,13). The number of amides is 1. The van der Waals surface area contributed by atoms with Crippen molar-refractivity contribution in [2.24, 2.45) is 0 Å². The van der Waals surface area contributed by atoms with Crippen LogP contribution < -0.4 is 5.32 Å². The Bertz CT molecular complexity index is 321. The van der Waals surface area contributed by atoms with Crippen LogP contribution in [0.1, 0.15) is 13.3 Å². The molecule has 0 aliphatic rings. The molecule has 0 rings (SSSR count). The van der Waals surface area contributed by atoms with Gasteiger partial charge in [-0.05, 0) is 6.92 Å². The summed E-state index contributed by atoms with van der Waals surface area (Å²) in [7, 11) is -4.39. The van der Waals surface area contributed by atoms with Crippen molar-refractivity contribution >= 4 is 16.0 Å². The molecule has 0 saturated heterocycles. The minimum atomic E-state index is -4.39. The highest BCUT2D eigenvalue weighted by Crippen LogP contribution is 2.01. The van der Waals surface area contributed by atoms with Gasteiger partial charge in [-0.1, -0.05) is 6.58 Å². The van der Waals surface area contributed by atoms with Gasteiger partial charge in [-0.3, -0.25) is 9.35 Å². The molecule has 0 aromatic carbocycles. The van der Waals surface area contributed by atoms with Gasteiger partial charge in [0, 0.05) is 18.6 Å². The number of carbonyl (C=O) groups is 1. The van der Waals surface area contributed by atoms with Gasteiger partial charge in [-0.2, -0.15) is 8.42 Å². The smallest absolute Gasteiger partial charge is 0.286 e. The SMILES string of the molecule is C=C(C)C(=O)NC(CCO)S(=O)(=O)O. The maximum atomic E-state index is 11.0. The predicted octanol–water partition coefficient (Wildman–Crippen LogP) is -0.725. The summed E-state index contributed by atoms with van der Waals surface area (Å²) >= 11 is 0. The van der Waals surface area contributed by atoms with Gasteiger partial charge in [0.25, 0.3) is 10.1 Å². The molecule has 14 heavy (non-hydrogen) atoms. The summed E-state index contributed by atoms with van der Waals surface area (Å²) in [6.07, 6.45) is -0.266. The molecule has 1 atom stereocenters. The molecular formula is C7H13NO5S. The van der Waals surface area contributed by atoms with E-state index >= 15 is 0 Å². The Labute approximate surface area is 82.4 Å². The molecule has 3 N–H and O–H groups in total. The van der Waals surface area contributed by atoms with Crippen LogP contribution in [0.3, 0.4) is 0 Å². The minimum Gasteiger partial charge on any atom is -0.396 e. The molecule has 0 aliphatic carbocycles. The number of carbonyl (C=O) groups excluding carboxylic acids is 1. The Morgan fingerprint density at radius 2 is 2.07 bits per heavy atom. The first-order valence-corrected chi connectivity index (χ1v) is 5.33. The molecule has 0 heterocycles. The average Bonchev–Trinajstić information content (AvgIpc) is 2.01. The van der Waals surface area contributed by atoms with Crippen LogP contribution in [0.15, 0.2) is 12.2 Å². The van der Waals surface area contributed by atoms with Crippen LogP contribution in [-0.2, 0) is 14.9 Å². The molecule has 0 aromatic heterocycles. The highest BCUT2D eigenvalue weighted by molar-refractivity contribution is 7.86. The van der Waals surface area contributed by atoms with Gasteiger partial charge in [0.1, 0.15) is 0 Å². The lowest BCUT2D eigenvalue weighted by Crippen LogP contribution is -2.41. The second-order valence-corrected chi connectivity index (χ2v) is 4.37. The van der Waals surface area contributed by atoms with Gasteiger partial charge in [0.2, 0.25) is 5.91 Å². The van der Waals surface area contributed by atoms with Gasteiger partial charge in [-0.15, -0.1) is 0 Å². The molecule has 0 aliphatic heterocycles. The van der Waals surface area contributed by atoms with E-state index in [0.717, 1.165) is 0 Å². The normalized spacial score (nSPS) is 13.4. The van der Waals surface area contributed by atoms with E-state index in [2.05, 4.69) is 6.58 Å². The van der Waals surface area contributed by atoms with E-state index in [1.807, 2.05) is 5.32 Å². The maximum Gasteiger partial charge on any atom is 0.286 e. The van der Waals surface area contributed by atoms with Gasteiger partial charge >= 0.3 is 0 Å². The van der Waals surface area contributed by atoms with Crippen molar-refractivity contribution in [1.29, 1.82) is 0 Å². The number of hydrogen-bond donors (Lipinski definition) is 3. The average molecular weight is 223 g/mol. The van der Waals surface area contributed by atoms with Crippen molar-refractivity contribution in [2.75, 3.05) is 6.61 Å². The van der Waals surface area contributed by atoms with Gasteiger partial charge in [0.05, 0.1) is 0 Å². The van der Waals surface area contributed by atoms with Crippen LogP contribution in [0.4, 0.5) is 0 Å². The van der Waals surface area contributed by atoms with Gasteiger partial charge in [-0.25, -0.2) is 0 Å². The third-order valence-corrected chi connectivity index (χ3v) is 2.50. The first-order chi connectivity index (χ1) is 6.29. The van der Waals surface area contributed by atoms with Crippen molar-refractivity contribution in [3.8, 4) is 0 Å². The quantitative estimate of drug-likeness (QED) is 0.421. The molecule has 1 unspecified atom stereocenters. The van der Waals surface area contributed by atoms with Crippen molar-refractivity contribution in [3.63, 3.8) is 0 Å². The number of nitrogens with one attached hydrogen (secondary N) is 1. The lowest BCUT2D eigenvalue weighted by molar-refractivity contribution is -0.117. The van der Waals surface area contributed by atoms with Crippen LogP contribution in [0.25, 0.3) is 0 Å². The van der Waals surface area contributed by atoms with Crippen LogP contribution in [0.5, 0.6) is 0 Å². The lowest BCUT2D eigenvalue weighted by atomic mass is 10.3. The second-order valence-electron chi connectivity index (χ2n) is 2.77. The molecule has 1 amide bonds. The summed E-state index contributed by atoms with van der Waals surface area (Å²) in [6, 6.07) is 0. The summed E-state index contributed by atoms with van der Waals surface area (Å²) in [5.41, 5.74) is 0.122. The van der Waals surface area contributed by atoms with Crippen molar-refractivity contribution in [2.45, 2.75) is 18.7 Å². The van der Waals surface area contributed by atoms with Gasteiger partial charge < -0.3 is 10.4 Å². The molecule has 7 heteroatoms. The molecule has 0 fully saturated rings. The number of aliphatic hydroxyl groups is 1. The summed E-state index contributed by atoms with van der Waals surface area (Å²) in [5.74, 6) is -0.680. The fraction of sp³-hybridized carbons (Fsp3) is 0.571. The third-order valence-electron chi connectivity index (χ3n) is 1.43. The first kappa shape index (κ1) is 13.1. The predicted molar refractivity (Wildman–Crippen MR) is 50.0 cm³/mol. The lowest BCUT2D eigenvalue weighted by Gasteiger charge is -2.14. The van der Waals surface area contributed by atoms with Crippen LogP contribution in [0, 0.1) is 0 Å². The van der Waals surface area contributed by atoms with Gasteiger partial charge in [0.15, 0.2) is 5.37 Å². The third kappa shape index (κ3) is 4.35. The van der Waals surface area contributed by atoms with Crippen molar-refractivity contribution in [3.05, 3.63) is 12.2 Å². The van der Waals surface area contributed by atoms with Crippen molar-refractivity contribution in [1.82, 2.24) is 5.32 Å². The number of aliphatic hydroxyl groups excluding tert-OH is 1. The van der Waals surface area contributed by atoms with E-state index in [-0.39, 0.29) is 12.0 Å². The van der Waals surface area contributed by atoms with E-state index in [9.17, 15) is 13.2 Å². The van der Waals surface area contributed by atoms with E-state index in [1.54, 1.807) is 0 Å². The Balaban J connectivity index is 4.55. The van der Waals surface area contributed by atoms with E-state index in [1.165, 1.54) is 6.92 Å². The zero-order valence-corrected chi connectivity index (χ0v) is 8.54. The largest absolute Gasteiger partial charge is 0.396 e.